The van der Waals surface area contributed by atoms with E-state index in [1.165, 1.54) is 0 Å². The molecule has 0 saturated carbocycles. The summed E-state index contributed by atoms with van der Waals surface area (Å²) in [4.78, 5) is 0. The average molecular weight is 239 g/mol. The molecule has 3 heteroatoms. The minimum absolute atomic E-state index is 0. The van der Waals surface area contributed by atoms with E-state index in [0.717, 1.165) is 18.8 Å². The molecule has 0 spiro atoms. The van der Waals surface area contributed by atoms with Gasteiger partial charge in [0.25, 0.3) is 0 Å². The summed E-state index contributed by atoms with van der Waals surface area (Å²) in [5.74, 6) is 0.931. The van der Waals surface area contributed by atoms with Crippen molar-refractivity contribution in [3.8, 4) is 5.75 Å². The Morgan fingerprint density at radius 3 is 2.42 bits per heavy atom. The minimum Gasteiger partial charge on any atom is -1.00 e. The monoisotopic (exact) mass is 238 g/mol. The molecule has 0 aliphatic carbocycles. The van der Waals surface area contributed by atoms with Crippen LogP contribution in [0.3, 0.4) is 0 Å². The van der Waals surface area contributed by atoms with Crippen LogP contribution < -0.4 is 21.7 Å². The number of rotatable bonds is 3. The van der Waals surface area contributed by atoms with Gasteiger partial charge < -0.3 is 21.7 Å². The Balaban J connectivity index is 0. The summed E-state index contributed by atoms with van der Waals surface area (Å²) in [6.45, 7) is 2.89. The van der Waals surface area contributed by atoms with Crippen LogP contribution in [0, 0.1) is 6.07 Å². The van der Waals surface area contributed by atoms with Gasteiger partial charge in [-0.25, -0.2) is 0 Å². The van der Waals surface area contributed by atoms with E-state index >= 15 is 0 Å². The van der Waals surface area contributed by atoms with Crippen LogP contribution in [0.15, 0.2) is 24.3 Å². The van der Waals surface area contributed by atoms with Crippen molar-refractivity contribution in [2.75, 3.05) is 6.61 Å². The van der Waals surface area contributed by atoms with Crippen LogP contribution in [0.5, 0.6) is 5.75 Å². The molecule has 0 aromatic heterocycles. The summed E-state index contributed by atoms with van der Waals surface area (Å²) >= 11 is 0. The van der Waals surface area contributed by atoms with Gasteiger partial charge in [0.2, 0.25) is 0 Å². The number of hydrogen-bond acceptors (Lipinski definition) is 1. The third-order valence-corrected chi connectivity index (χ3v) is 1.16. The van der Waals surface area contributed by atoms with E-state index in [4.69, 9.17) is 4.74 Å². The van der Waals surface area contributed by atoms with E-state index in [1.54, 1.807) is 0 Å². The first-order chi connectivity index (χ1) is 4.93. The Hall–Kier alpha value is 0.266. The molecule has 0 fully saturated rings. The molecule has 0 N–H and O–H groups in total. The van der Waals surface area contributed by atoms with Crippen molar-refractivity contribution >= 4 is 23.1 Å². The largest absolute Gasteiger partial charge is 2.00 e. The molecule has 1 rings (SSSR count). The van der Waals surface area contributed by atoms with E-state index in [1.807, 2.05) is 24.3 Å². The maximum Gasteiger partial charge on any atom is 2.00 e. The minimum atomic E-state index is 0. The van der Waals surface area contributed by atoms with E-state index in [2.05, 4.69) is 13.0 Å². The molecule has 1 nitrogen and oxygen atoms in total. The fourth-order valence-corrected chi connectivity index (χ4v) is 0.688. The van der Waals surface area contributed by atoms with Crippen LogP contribution in [0.4, 0.5) is 0 Å². The number of benzene rings is 1. The normalized spacial score (nSPS) is 7.75. The van der Waals surface area contributed by atoms with Crippen molar-refractivity contribution in [2.45, 2.75) is 13.3 Å². The number of halogens is 1. The van der Waals surface area contributed by atoms with E-state index in [0.29, 0.717) is 0 Å². The Morgan fingerprint density at radius 1 is 1.33 bits per heavy atom. The van der Waals surface area contributed by atoms with Gasteiger partial charge in [-0.15, -0.1) is 12.1 Å². The molecule has 0 aliphatic heterocycles. The second kappa shape index (κ2) is 9.35. The fraction of sp³-hybridized carbons (Fsp3) is 0.333. The van der Waals surface area contributed by atoms with Crippen molar-refractivity contribution in [3.05, 3.63) is 30.3 Å². The van der Waals surface area contributed by atoms with Crippen LogP contribution in [0.25, 0.3) is 0 Å². The van der Waals surface area contributed by atoms with Gasteiger partial charge in [0.05, 0.1) is 6.61 Å². The van der Waals surface area contributed by atoms with Gasteiger partial charge in [-0.2, -0.15) is 18.2 Å². The first-order valence-corrected chi connectivity index (χ1v) is 3.52. The fourth-order valence-electron chi connectivity index (χ4n) is 0.688. The van der Waals surface area contributed by atoms with Gasteiger partial charge in [0.15, 0.2) is 0 Å². The summed E-state index contributed by atoms with van der Waals surface area (Å²) < 4.78 is 5.34. The molecule has 0 unspecified atom stereocenters. The summed E-state index contributed by atoms with van der Waals surface area (Å²) in [6, 6.07) is 10.5. The Bertz CT molecular complexity index is 179. The third-order valence-electron chi connectivity index (χ3n) is 1.16. The predicted molar refractivity (Wildman–Crippen MR) is 46.8 cm³/mol. The van der Waals surface area contributed by atoms with E-state index in [9.17, 15) is 0 Å². The summed E-state index contributed by atoms with van der Waals surface area (Å²) in [7, 11) is 0. The molecular formula is C9H11BrMgO. The van der Waals surface area contributed by atoms with Crippen molar-refractivity contribution in [1.82, 2.24) is 0 Å². The molecule has 0 heterocycles. The second-order valence-corrected chi connectivity index (χ2v) is 2.08. The smallest absolute Gasteiger partial charge is 1.00 e. The number of ether oxygens (including phenoxy) is 1. The SMILES string of the molecule is CCCOc1cc[c-]cc1.[Br-].[Mg+2]. The van der Waals surface area contributed by atoms with Gasteiger partial charge in [-0.1, -0.05) is 6.92 Å². The van der Waals surface area contributed by atoms with Crippen LogP contribution in [0.1, 0.15) is 13.3 Å². The quantitative estimate of drug-likeness (QED) is 0.481. The predicted octanol–water partition coefficient (Wildman–Crippen LogP) is -1.10. The molecule has 62 valence electrons. The summed E-state index contributed by atoms with van der Waals surface area (Å²) in [6.07, 6.45) is 1.05. The number of hydrogen-bond donors (Lipinski definition) is 0. The van der Waals surface area contributed by atoms with Crippen molar-refractivity contribution in [2.24, 2.45) is 0 Å². The topological polar surface area (TPSA) is 9.23 Å². The molecule has 1 aromatic rings. The van der Waals surface area contributed by atoms with Crippen LogP contribution in [-0.4, -0.2) is 29.7 Å². The zero-order valence-electron chi connectivity index (χ0n) is 7.22. The molecule has 0 saturated heterocycles. The second-order valence-electron chi connectivity index (χ2n) is 2.08. The molecule has 0 radical (unpaired) electrons. The zero-order valence-corrected chi connectivity index (χ0v) is 10.2. The average Bonchev–Trinajstić information content (AvgIpc) is 2.03. The van der Waals surface area contributed by atoms with Crippen LogP contribution >= 0.6 is 0 Å². The molecule has 0 aliphatic rings. The van der Waals surface area contributed by atoms with Gasteiger partial charge >= 0.3 is 23.1 Å². The van der Waals surface area contributed by atoms with E-state index < -0.39 is 0 Å². The first kappa shape index (κ1) is 14.8. The molecule has 1 aromatic carbocycles. The summed E-state index contributed by atoms with van der Waals surface area (Å²) in [5.41, 5.74) is 0. The standard InChI is InChI=1S/C9H11O.BrH.Mg/c1-2-8-10-9-6-4-3-5-7-9;;/h4-7H,2,8H2,1H3;1H;/q-1;;+2/p-1. The molecule has 12 heavy (non-hydrogen) atoms. The van der Waals surface area contributed by atoms with Gasteiger partial charge in [-0.05, 0) is 6.42 Å². The van der Waals surface area contributed by atoms with Crippen molar-refractivity contribution in [1.29, 1.82) is 0 Å². The Morgan fingerprint density at radius 2 is 1.92 bits per heavy atom. The molecule has 0 bridgehead atoms. The van der Waals surface area contributed by atoms with E-state index in [-0.39, 0.29) is 40.0 Å². The van der Waals surface area contributed by atoms with Gasteiger partial charge in [0, 0.05) is 5.75 Å². The maximum atomic E-state index is 5.34. The zero-order chi connectivity index (χ0) is 7.23. The Kier molecular flexibility index (Phi) is 11.5. The maximum absolute atomic E-state index is 5.34. The first-order valence-electron chi connectivity index (χ1n) is 3.52. The Labute approximate surface area is 100 Å². The van der Waals surface area contributed by atoms with Crippen molar-refractivity contribution in [3.63, 3.8) is 0 Å². The van der Waals surface area contributed by atoms with Crippen molar-refractivity contribution < 1.29 is 21.7 Å². The molecular weight excluding hydrogens is 228 g/mol. The van der Waals surface area contributed by atoms with Gasteiger partial charge in [-0.3, -0.25) is 0 Å². The molecule has 0 amide bonds. The van der Waals surface area contributed by atoms with Crippen LogP contribution in [-0.2, 0) is 0 Å². The third kappa shape index (κ3) is 5.86. The van der Waals surface area contributed by atoms with Crippen LogP contribution in [0.2, 0.25) is 0 Å². The molecule has 0 atom stereocenters. The summed E-state index contributed by atoms with van der Waals surface area (Å²) in [5, 5.41) is 0. The van der Waals surface area contributed by atoms with Gasteiger partial charge in [0.1, 0.15) is 0 Å².